The summed E-state index contributed by atoms with van der Waals surface area (Å²) in [6.07, 6.45) is 1.05. The highest BCUT2D eigenvalue weighted by Crippen LogP contribution is 2.08. The Bertz CT molecular complexity index is 705. The Labute approximate surface area is 176 Å². The molecule has 142 valence electrons. The van der Waals surface area contributed by atoms with Crippen LogP contribution in [0.2, 0.25) is 0 Å². The Kier molecular flexibility index (Phi) is 10.5. The summed E-state index contributed by atoms with van der Waals surface area (Å²) in [4.78, 5) is 7.26. The monoisotopic (exact) mass is 485 g/mol. The number of hydrogen-bond acceptors (Lipinski definition) is 2. The van der Waals surface area contributed by atoms with Gasteiger partial charge >= 0.3 is 0 Å². The highest BCUT2D eigenvalue weighted by atomic mass is 127. The summed E-state index contributed by atoms with van der Waals surface area (Å²) in [7, 11) is 2.79. The average molecular weight is 485 g/mol. The zero-order valence-corrected chi connectivity index (χ0v) is 18.8. The maximum Gasteiger partial charge on any atom is 0.193 e. The molecule has 0 aromatic heterocycles. The molecule has 0 amide bonds. The average Bonchev–Trinajstić information content (AvgIpc) is 2.66. The van der Waals surface area contributed by atoms with Crippen LogP contribution in [0.5, 0.6) is 0 Å². The Balaban J connectivity index is 0.00000338. The molecule has 2 aromatic carbocycles. The number of nitrogens with zero attached hydrogens (tertiary/aromatic N) is 2. The van der Waals surface area contributed by atoms with E-state index in [4.69, 9.17) is 0 Å². The molecule has 0 aliphatic heterocycles. The van der Waals surface area contributed by atoms with Gasteiger partial charge in [-0.25, -0.2) is 0 Å². The van der Waals surface area contributed by atoms with Crippen molar-refractivity contribution in [1.29, 1.82) is 0 Å². The minimum Gasteiger partial charge on any atom is -0.355 e. The van der Waals surface area contributed by atoms with Crippen LogP contribution in [0.1, 0.15) is 18.1 Å². The molecule has 1 N–H and O–H groups in total. The summed E-state index contributed by atoms with van der Waals surface area (Å²) < 4.78 is 12.3. The van der Waals surface area contributed by atoms with Crippen LogP contribution in [0.25, 0.3) is 0 Å². The highest BCUT2D eigenvalue weighted by molar-refractivity contribution is 14.0. The molecule has 0 heterocycles. The molecule has 0 saturated carbocycles. The standard InChI is InChI=1S/C20H27N3OS.HI/c1-4-17-10-12-18(13-11-17)16-23(3)20(21-2)22-14-15-25(24)19-8-6-5-7-9-19;/h5-13H,4,14-16H2,1-3H3,(H,21,22);1H. The molecule has 26 heavy (non-hydrogen) atoms. The van der Waals surface area contributed by atoms with Crippen LogP contribution in [0.4, 0.5) is 0 Å². The van der Waals surface area contributed by atoms with Gasteiger partial charge in [0.15, 0.2) is 5.96 Å². The first-order valence-electron chi connectivity index (χ1n) is 8.57. The maximum atomic E-state index is 12.3. The lowest BCUT2D eigenvalue weighted by atomic mass is 10.1. The lowest BCUT2D eigenvalue weighted by molar-refractivity contribution is 0.479. The minimum absolute atomic E-state index is 0. The molecule has 0 fully saturated rings. The van der Waals surface area contributed by atoms with Crippen LogP contribution in [0.3, 0.4) is 0 Å². The van der Waals surface area contributed by atoms with Gasteiger partial charge in [-0.05, 0) is 29.7 Å². The zero-order chi connectivity index (χ0) is 18.1. The molecule has 1 unspecified atom stereocenters. The van der Waals surface area contributed by atoms with E-state index in [0.29, 0.717) is 12.3 Å². The first-order valence-corrected chi connectivity index (χ1v) is 9.89. The van der Waals surface area contributed by atoms with Gasteiger partial charge < -0.3 is 10.2 Å². The third-order valence-electron chi connectivity index (χ3n) is 4.00. The molecule has 0 radical (unpaired) electrons. The quantitative estimate of drug-likeness (QED) is 0.370. The second-order valence-electron chi connectivity index (χ2n) is 5.86. The fourth-order valence-corrected chi connectivity index (χ4v) is 3.54. The van der Waals surface area contributed by atoms with Crippen molar-refractivity contribution in [3.05, 3.63) is 65.7 Å². The summed E-state index contributed by atoms with van der Waals surface area (Å²) in [5.41, 5.74) is 2.59. The number of halogens is 1. The summed E-state index contributed by atoms with van der Waals surface area (Å²) in [6.45, 7) is 3.56. The summed E-state index contributed by atoms with van der Waals surface area (Å²) in [5.74, 6) is 1.37. The van der Waals surface area contributed by atoms with E-state index < -0.39 is 10.8 Å². The fraction of sp³-hybridized carbons (Fsp3) is 0.350. The van der Waals surface area contributed by atoms with Gasteiger partial charge in [-0.2, -0.15) is 0 Å². The topological polar surface area (TPSA) is 44.7 Å². The number of aryl methyl sites for hydroxylation is 1. The molecule has 6 heteroatoms. The number of rotatable bonds is 7. The summed E-state index contributed by atoms with van der Waals surface area (Å²) >= 11 is 0. The van der Waals surface area contributed by atoms with Crippen LogP contribution < -0.4 is 5.32 Å². The third-order valence-corrected chi connectivity index (χ3v) is 5.37. The van der Waals surface area contributed by atoms with Crippen LogP contribution in [0, 0.1) is 0 Å². The van der Waals surface area contributed by atoms with Gasteiger partial charge in [0.25, 0.3) is 0 Å². The second kappa shape index (κ2) is 12.1. The minimum atomic E-state index is -0.993. The van der Waals surface area contributed by atoms with Gasteiger partial charge in [-0.15, -0.1) is 24.0 Å². The van der Waals surface area contributed by atoms with Crippen LogP contribution >= 0.6 is 24.0 Å². The molecular formula is C20H28IN3OS. The van der Waals surface area contributed by atoms with E-state index in [9.17, 15) is 4.21 Å². The molecule has 4 nitrogen and oxygen atoms in total. The predicted molar refractivity (Wildman–Crippen MR) is 122 cm³/mol. The third kappa shape index (κ3) is 7.07. The number of aliphatic imine (C=N–C) groups is 1. The van der Waals surface area contributed by atoms with Crippen molar-refractivity contribution in [2.24, 2.45) is 4.99 Å². The van der Waals surface area contributed by atoms with E-state index in [1.165, 1.54) is 11.1 Å². The van der Waals surface area contributed by atoms with Gasteiger partial charge in [0, 0.05) is 37.8 Å². The van der Waals surface area contributed by atoms with E-state index in [0.717, 1.165) is 23.8 Å². The van der Waals surface area contributed by atoms with E-state index in [2.05, 4.69) is 46.4 Å². The lowest BCUT2D eigenvalue weighted by Gasteiger charge is -2.22. The van der Waals surface area contributed by atoms with Gasteiger partial charge in [0.2, 0.25) is 0 Å². The van der Waals surface area contributed by atoms with Gasteiger partial charge in [0.05, 0.1) is 10.8 Å². The Morgan fingerprint density at radius 3 is 2.27 bits per heavy atom. The smallest absolute Gasteiger partial charge is 0.193 e. The van der Waals surface area contributed by atoms with Crippen molar-refractivity contribution in [3.8, 4) is 0 Å². The highest BCUT2D eigenvalue weighted by Gasteiger charge is 2.08. The molecule has 2 aromatic rings. The van der Waals surface area contributed by atoms with Crippen molar-refractivity contribution in [1.82, 2.24) is 10.2 Å². The normalized spacial score (nSPS) is 12.2. The fourth-order valence-electron chi connectivity index (χ4n) is 2.56. The molecule has 0 spiro atoms. The van der Waals surface area contributed by atoms with Gasteiger partial charge in [0.1, 0.15) is 0 Å². The van der Waals surface area contributed by atoms with Crippen molar-refractivity contribution in [2.45, 2.75) is 24.8 Å². The first kappa shape index (κ1) is 22.6. The maximum absolute atomic E-state index is 12.3. The van der Waals surface area contributed by atoms with E-state index >= 15 is 0 Å². The second-order valence-corrected chi connectivity index (χ2v) is 7.43. The zero-order valence-electron chi connectivity index (χ0n) is 15.6. The van der Waals surface area contributed by atoms with E-state index in [1.807, 2.05) is 37.4 Å². The lowest BCUT2D eigenvalue weighted by Crippen LogP contribution is -2.40. The largest absolute Gasteiger partial charge is 0.355 e. The van der Waals surface area contributed by atoms with Gasteiger partial charge in [-0.3, -0.25) is 9.20 Å². The van der Waals surface area contributed by atoms with Crippen LogP contribution in [-0.4, -0.2) is 41.5 Å². The van der Waals surface area contributed by atoms with Crippen molar-refractivity contribution >= 4 is 40.7 Å². The number of hydrogen-bond donors (Lipinski definition) is 1. The summed E-state index contributed by atoms with van der Waals surface area (Å²) in [6, 6.07) is 18.2. The molecule has 0 aliphatic carbocycles. The molecule has 0 bridgehead atoms. The first-order chi connectivity index (χ1) is 12.1. The SMILES string of the molecule is CCc1ccc(CN(C)C(=NC)NCCS(=O)c2ccccc2)cc1.I. The molecule has 0 saturated heterocycles. The number of guanidine groups is 1. The number of nitrogens with one attached hydrogen (secondary N) is 1. The van der Waals surface area contributed by atoms with E-state index in [-0.39, 0.29) is 24.0 Å². The molecule has 2 rings (SSSR count). The predicted octanol–water partition coefficient (Wildman–Crippen LogP) is 3.68. The Morgan fingerprint density at radius 1 is 1.08 bits per heavy atom. The Morgan fingerprint density at radius 2 is 1.69 bits per heavy atom. The van der Waals surface area contributed by atoms with E-state index in [1.54, 1.807) is 7.05 Å². The Hall–Kier alpha value is -1.41. The van der Waals surface area contributed by atoms with Crippen molar-refractivity contribution in [3.63, 3.8) is 0 Å². The van der Waals surface area contributed by atoms with Gasteiger partial charge in [-0.1, -0.05) is 49.4 Å². The molecule has 1 atom stereocenters. The number of benzene rings is 2. The van der Waals surface area contributed by atoms with Crippen molar-refractivity contribution < 1.29 is 4.21 Å². The molecular weight excluding hydrogens is 457 g/mol. The van der Waals surface area contributed by atoms with Crippen LogP contribution in [0.15, 0.2) is 64.5 Å². The molecule has 0 aliphatic rings. The van der Waals surface area contributed by atoms with Crippen LogP contribution in [-0.2, 0) is 23.8 Å². The summed E-state index contributed by atoms with van der Waals surface area (Å²) in [5, 5.41) is 3.30. The van der Waals surface area contributed by atoms with Crippen molar-refractivity contribution in [2.75, 3.05) is 26.4 Å².